The summed E-state index contributed by atoms with van der Waals surface area (Å²) in [6.45, 7) is 4.50. The molecular formula is C10H15NO2. The maximum atomic E-state index is 11.7. The molecule has 0 aromatic heterocycles. The molecule has 13 heavy (non-hydrogen) atoms. The van der Waals surface area contributed by atoms with Gasteiger partial charge < -0.3 is 4.74 Å². The van der Waals surface area contributed by atoms with E-state index in [4.69, 9.17) is 10.00 Å². The minimum Gasteiger partial charge on any atom is -0.370 e. The van der Waals surface area contributed by atoms with Crippen molar-refractivity contribution in [2.45, 2.75) is 32.8 Å². The average molecular weight is 181 g/mol. The molecule has 1 aliphatic rings. The molecule has 3 atom stereocenters. The number of nitrogens with zero attached hydrogens (tertiary/aromatic N) is 1. The first-order valence-corrected chi connectivity index (χ1v) is 4.75. The molecule has 0 radical (unpaired) electrons. The minimum absolute atomic E-state index is 0.0324. The van der Waals surface area contributed by atoms with Gasteiger partial charge in [-0.1, -0.05) is 13.8 Å². The Morgan fingerprint density at radius 3 is 2.85 bits per heavy atom. The van der Waals surface area contributed by atoms with Gasteiger partial charge in [-0.25, -0.2) is 0 Å². The minimum atomic E-state index is -0.481. The highest BCUT2D eigenvalue weighted by Crippen LogP contribution is 2.23. The Morgan fingerprint density at radius 1 is 1.77 bits per heavy atom. The summed E-state index contributed by atoms with van der Waals surface area (Å²) in [6.07, 6.45) is 1.18. The maximum Gasteiger partial charge on any atom is 0.178 e. The molecule has 1 aliphatic heterocycles. The zero-order valence-electron chi connectivity index (χ0n) is 8.12. The number of ketones is 1. The molecule has 0 aliphatic carbocycles. The van der Waals surface area contributed by atoms with Crippen LogP contribution in [0.2, 0.25) is 0 Å². The predicted molar refractivity (Wildman–Crippen MR) is 47.9 cm³/mol. The van der Waals surface area contributed by atoms with Crippen molar-refractivity contribution in [3.8, 4) is 6.07 Å². The van der Waals surface area contributed by atoms with Crippen LogP contribution in [0.1, 0.15) is 26.7 Å². The lowest BCUT2D eigenvalue weighted by Gasteiger charge is -2.15. The van der Waals surface area contributed by atoms with Crippen LogP contribution in [0.15, 0.2) is 0 Å². The Hall–Kier alpha value is -0.880. The third-order valence-corrected chi connectivity index (χ3v) is 2.58. The van der Waals surface area contributed by atoms with E-state index in [0.717, 1.165) is 6.42 Å². The molecule has 0 aromatic rings. The van der Waals surface area contributed by atoms with Crippen LogP contribution in [0, 0.1) is 23.2 Å². The fraction of sp³-hybridized carbons (Fsp3) is 0.800. The van der Waals surface area contributed by atoms with E-state index in [1.54, 1.807) is 0 Å². The SMILES string of the molecule is CCC(C#N)C(=O)C1OCCC1C. The topological polar surface area (TPSA) is 50.1 Å². The third-order valence-electron chi connectivity index (χ3n) is 2.58. The van der Waals surface area contributed by atoms with Crippen molar-refractivity contribution < 1.29 is 9.53 Å². The lowest BCUT2D eigenvalue weighted by molar-refractivity contribution is -0.131. The Labute approximate surface area is 78.7 Å². The van der Waals surface area contributed by atoms with Crippen molar-refractivity contribution >= 4 is 5.78 Å². The Kier molecular flexibility index (Phi) is 3.44. The summed E-state index contributed by atoms with van der Waals surface area (Å²) in [4.78, 5) is 11.7. The predicted octanol–water partition coefficient (Wildman–Crippen LogP) is 1.53. The number of hydrogen-bond acceptors (Lipinski definition) is 3. The fourth-order valence-corrected chi connectivity index (χ4v) is 1.61. The van der Waals surface area contributed by atoms with E-state index in [0.29, 0.717) is 13.0 Å². The third kappa shape index (κ3) is 2.07. The molecule has 3 heteroatoms. The van der Waals surface area contributed by atoms with Crippen LogP contribution in [-0.4, -0.2) is 18.5 Å². The van der Waals surface area contributed by atoms with Crippen LogP contribution < -0.4 is 0 Å². The van der Waals surface area contributed by atoms with Gasteiger partial charge in [0, 0.05) is 6.61 Å². The molecule has 3 unspecified atom stereocenters. The number of hydrogen-bond donors (Lipinski definition) is 0. The number of nitriles is 1. The molecule has 1 saturated heterocycles. The van der Waals surface area contributed by atoms with Gasteiger partial charge in [-0.2, -0.15) is 5.26 Å². The lowest BCUT2D eigenvalue weighted by atomic mass is 9.92. The van der Waals surface area contributed by atoms with E-state index >= 15 is 0 Å². The van der Waals surface area contributed by atoms with Gasteiger partial charge in [0.1, 0.15) is 12.0 Å². The summed E-state index contributed by atoms with van der Waals surface area (Å²) in [5.41, 5.74) is 0. The van der Waals surface area contributed by atoms with Gasteiger partial charge in [0.2, 0.25) is 0 Å². The number of carbonyl (C=O) groups excluding carboxylic acids is 1. The summed E-state index contributed by atoms with van der Waals surface area (Å²) < 4.78 is 5.31. The zero-order chi connectivity index (χ0) is 9.84. The monoisotopic (exact) mass is 181 g/mol. The molecule has 1 heterocycles. The second kappa shape index (κ2) is 4.38. The number of rotatable bonds is 3. The molecule has 0 spiro atoms. The van der Waals surface area contributed by atoms with Crippen LogP contribution in [0.25, 0.3) is 0 Å². The average Bonchev–Trinajstić information content (AvgIpc) is 2.53. The van der Waals surface area contributed by atoms with Gasteiger partial charge >= 0.3 is 0 Å². The molecule has 0 amide bonds. The Morgan fingerprint density at radius 2 is 2.46 bits per heavy atom. The molecule has 0 aromatic carbocycles. The fourth-order valence-electron chi connectivity index (χ4n) is 1.61. The van der Waals surface area contributed by atoms with Gasteiger partial charge in [-0.05, 0) is 18.8 Å². The number of carbonyl (C=O) groups is 1. The van der Waals surface area contributed by atoms with Crippen LogP contribution >= 0.6 is 0 Å². The second-order valence-electron chi connectivity index (χ2n) is 3.55. The van der Waals surface area contributed by atoms with Crippen LogP contribution in [0.4, 0.5) is 0 Å². The first-order chi connectivity index (χ1) is 6.20. The van der Waals surface area contributed by atoms with Gasteiger partial charge in [0.25, 0.3) is 0 Å². The molecule has 72 valence electrons. The first kappa shape index (κ1) is 10.2. The number of Topliss-reactive ketones (excluding diaryl/α,β-unsaturated/α-hetero) is 1. The smallest absolute Gasteiger partial charge is 0.178 e. The Balaban J connectivity index is 2.61. The molecule has 3 nitrogen and oxygen atoms in total. The standard InChI is InChI=1S/C10H15NO2/c1-3-8(6-11)9(12)10-7(2)4-5-13-10/h7-8,10H,3-5H2,1-2H3. The van der Waals surface area contributed by atoms with Crippen molar-refractivity contribution in [3.05, 3.63) is 0 Å². The van der Waals surface area contributed by atoms with E-state index in [-0.39, 0.29) is 17.8 Å². The van der Waals surface area contributed by atoms with E-state index < -0.39 is 5.92 Å². The Bertz CT molecular complexity index is 232. The van der Waals surface area contributed by atoms with Gasteiger partial charge in [0.15, 0.2) is 5.78 Å². The summed E-state index contributed by atoms with van der Waals surface area (Å²) in [5, 5.41) is 8.72. The normalized spacial score (nSPS) is 29.6. The van der Waals surface area contributed by atoms with Gasteiger partial charge in [-0.3, -0.25) is 4.79 Å². The highest BCUT2D eigenvalue weighted by atomic mass is 16.5. The molecule has 1 rings (SSSR count). The van der Waals surface area contributed by atoms with Crippen molar-refractivity contribution in [2.24, 2.45) is 11.8 Å². The highest BCUT2D eigenvalue weighted by Gasteiger charge is 2.34. The molecule has 0 bridgehead atoms. The van der Waals surface area contributed by atoms with Crippen LogP contribution in [-0.2, 0) is 9.53 Å². The molecule has 1 fully saturated rings. The molecule has 0 N–H and O–H groups in total. The van der Waals surface area contributed by atoms with Crippen molar-refractivity contribution in [3.63, 3.8) is 0 Å². The van der Waals surface area contributed by atoms with E-state index in [9.17, 15) is 4.79 Å². The van der Waals surface area contributed by atoms with Crippen molar-refractivity contribution in [1.29, 1.82) is 5.26 Å². The van der Waals surface area contributed by atoms with E-state index in [2.05, 4.69) is 0 Å². The summed E-state index contributed by atoms with van der Waals surface area (Å²) in [5.74, 6) is -0.240. The number of ether oxygens (including phenoxy) is 1. The quantitative estimate of drug-likeness (QED) is 0.663. The van der Waals surface area contributed by atoms with Crippen LogP contribution in [0.5, 0.6) is 0 Å². The van der Waals surface area contributed by atoms with Crippen molar-refractivity contribution in [1.82, 2.24) is 0 Å². The van der Waals surface area contributed by atoms with E-state index in [1.165, 1.54) is 0 Å². The maximum absolute atomic E-state index is 11.7. The van der Waals surface area contributed by atoms with Gasteiger partial charge in [0.05, 0.1) is 6.07 Å². The van der Waals surface area contributed by atoms with Crippen LogP contribution in [0.3, 0.4) is 0 Å². The lowest BCUT2D eigenvalue weighted by Crippen LogP contribution is -2.30. The second-order valence-corrected chi connectivity index (χ2v) is 3.55. The zero-order valence-corrected chi connectivity index (χ0v) is 8.12. The highest BCUT2D eigenvalue weighted by molar-refractivity contribution is 5.87. The van der Waals surface area contributed by atoms with E-state index in [1.807, 2.05) is 19.9 Å². The molecule has 0 saturated carbocycles. The van der Waals surface area contributed by atoms with Gasteiger partial charge in [-0.15, -0.1) is 0 Å². The van der Waals surface area contributed by atoms with Crippen molar-refractivity contribution in [2.75, 3.05) is 6.61 Å². The summed E-state index contributed by atoms with van der Waals surface area (Å²) in [6, 6.07) is 2.02. The summed E-state index contributed by atoms with van der Waals surface area (Å²) in [7, 11) is 0. The molecular weight excluding hydrogens is 166 g/mol. The summed E-state index contributed by atoms with van der Waals surface area (Å²) >= 11 is 0. The largest absolute Gasteiger partial charge is 0.370 e. The first-order valence-electron chi connectivity index (χ1n) is 4.75.